The van der Waals surface area contributed by atoms with Gasteiger partial charge in [0.1, 0.15) is 6.04 Å². The van der Waals surface area contributed by atoms with E-state index in [1.54, 1.807) is 30.5 Å². The molecule has 0 spiro atoms. The van der Waals surface area contributed by atoms with Gasteiger partial charge in [-0.15, -0.1) is 0 Å². The third kappa shape index (κ3) is 4.45. The van der Waals surface area contributed by atoms with Crippen molar-refractivity contribution in [3.05, 3.63) is 94.9 Å². The lowest BCUT2D eigenvalue weighted by molar-refractivity contribution is -0.125. The first-order valence-corrected chi connectivity index (χ1v) is 12.9. The summed E-state index contributed by atoms with van der Waals surface area (Å²) in [5, 5.41) is 3.90. The number of fused-ring (bicyclic) bond motifs is 3. The first-order valence-electron chi connectivity index (χ1n) is 11.5. The summed E-state index contributed by atoms with van der Waals surface area (Å²) in [6.45, 7) is 2.54. The highest BCUT2D eigenvalue weighted by atomic mass is 32.2. The molecule has 0 radical (unpaired) electrons. The molecule has 2 aromatic heterocycles. The number of para-hydroxylation sites is 1. The smallest absolute Gasteiger partial charge is 0.244 e. The number of hydrogen-bond donors (Lipinski definition) is 3. The molecule has 5 rings (SSSR count). The highest BCUT2D eigenvalue weighted by Crippen LogP contribution is 2.33. The number of nitrogens with zero attached hydrogens (tertiary/aromatic N) is 2. The molecule has 180 valence electrons. The van der Waals surface area contributed by atoms with Crippen molar-refractivity contribution in [1.82, 2.24) is 19.6 Å². The van der Waals surface area contributed by atoms with Gasteiger partial charge in [0.05, 0.1) is 23.7 Å². The van der Waals surface area contributed by atoms with Gasteiger partial charge in [-0.3, -0.25) is 9.78 Å². The Hall–Kier alpha value is -3.53. The second-order valence-corrected chi connectivity index (χ2v) is 10.7. The Balaban J connectivity index is 1.49. The highest BCUT2D eigenvalue weighted by molar-refractivity contribution is 7.89. The highest BCUT2D eigenvalue weighted by Gasteiger charge is 2.40. The SMILES string of the molecule is Cc1ccc(S(=O)(=O)N2Cc3[nH]c4ccccc4c3CC2C(=O)NCc2cc(CN)ccn2)cc1. The lowest BCUT2D eigenvalue weighted by Gasteiger charge is -2.33. The van der Waals surface area contributed by atoms with Gasteiger partial charge in [-0.1, -0.05) is 35.9 Å². The van der Waals surface area contributed by atoms with E-state index in [1.807, 2.05) is 43.3 Å². The first-order chi connectivity index (χ1) is 16.9. The molecule has 4 aromatic rings. The van der Waals surface area contributed by atoms with Crippen LogP contribution in [-0.4, -0.2) is 34.6 Å². The monoisotopic (exact) mass is 489 g/mol. The van der Waals surface area contributed by atoms with E-state index in [0.717, 1.165) is 33.3 Å². The van der Waals surface area contributed by atoms with E-state index < -0.39 is 16.1 Å². The van der Waals surface area contributed by atoms with E-state index in [0.29, 0.717) is 12.2 Å². The van der Waals surface area contributed by atoms with E-state index in [2.05, 4.69) is 15.3 Å². The number of aromatic nitrogens is 2. The van der Waals surface area contributed by atoms with Gasteiger partial charge in [-0.2, -0.15) is 4.31 Å². The number of pyridine rings is 1. The van der Waals surface area contributed by atoms with E-state index in [1.165, 1.54) is 4.31 Å². The average Bonchev–Trinajstić information content (AvgIpc) is 3.24. The first kappa shape index (κ1) is 23.2. The number of aromatic amines is 1. The molecule has 1 aliphatic heterocycles. The number of carbonyl (C=O) groups excluding carboxylic acids is 1. The summed E-state index contributed by atoms with van der Waals surface area (Å²) in [6.07, 6.45) is 1.92. The molecule has 0 saturated carbocycles. The van der Waals surface area contributed by atoms with Gasteiger partial charge >= 0.3 is 0 Å². The second-order valence-electron chi connectivity index (χ2n) is 8.79. The van der Waals surface area contributed by atoms with Crippen molar-refractivity contribution in [2.45, 2.75) is 43.9 Å². The molecule has 8 nitrogen and oxygen atoms in total. The van der Waals surface area contributed by atoms with Crippen LogP contribution in [0, 0.1) is 6.92 Å². The van der Waals surface area contributed by atoms with Gasteiger partial charge in [0.15, 0.2) is 0 Å². The maximum atomic E-state index is 13.7. The van der Waals surface area contributed by atoms with Crippen LogP contribution in [0.2, 0.25) is 0 Å². The molecule has 1 atom stereocenters. The van der Waals surface area contributed by atoms with Crippen molar-refractivity contribution in [2.24, 2.45) is 5.73 Å². The molecular weight excluding hydrogens is 462 g/mol. The van der Waals surface area contributed by atoms with Gasteiger partial charge < -0.3 is 16.0 Å². The van der Waals surface area contributed by atoms with Crippen LogP contribution in [0.15, 0.2) is 71.8 Å². The molecule has 0 bridgehead atoms. The van der Waals surface area contributed by atoms with Gasteiger partial charge in [0.2, 0.25) is 15.9 Å². The zero-order chi connectivity index (χ0) is 24.6. The maximum absolute atomic E-state index is 13.7. The van der Waals surface area contributed by atoms with Crippen LogP contribution in [0.4, 0.5) is 0 Å². The lowest BCUT2D eigenvalue weighted by Crippen LogP contribution is -2.52. The quantitative estimate of drug-likeness (QED) is 0.385. The molecule has 0 saturated heterocycles. The fraction of sp³-hybridized carbons (Fsp3) is 0.231. The third-order valence-corrected chi connectivity index (χ3v) is 8.32. The number of nitrogens with two attached hydrogens (primary N) is 1. The summed E-state index contributed by atoms with van der Waals surface area (Å²) in [5.41, 5.74) is 11.0. The topological polar surface area (TPSA) is 121 Å². The zero-order valence-electron chi connectivity index (χ0n) is 19.4. The largest absolute Gasteiger partial charge is 0.357 e. The Morgan fingerprint density at radius 2 is 1.94 bits per heavy atom. The molecule has 2 aromatic carbocycles. The summed E-state index contributed by atoms with van der Waals surface area (Å²) in [6, 6.07) is 17.3. The van der Waals surface area contributed by atoms with Crippen LogP contribution in [0.1, 0.15) is 28.1 Å². The number of rotatable bonds is 6. The number of amides is 1. The minimum absolute atomic E-state index is 0.0826. The fourth-order valence-corrected chi connectivity index (χ4v) is 6.11. The zero-order valence-corrected chi connectivity index (χ0v) is 20.2. The number of nitrogens with one attached hydrogen (secondary N) is 2. The Morgan fingerprint density at radius 1 is 1.17 bits per heavy atom. The van der Waals surface area contributed by atoms with Gasteiger partial charge in [-0.05, 0) is 48.4 Å². The van der Waals surface area contributed by atoms with Crippen molar-refractivity contribution in [3.63, 3.8) is 0 Å². The number of sulfonamides is 1. The maximum Gasteiger partial charge on any atom is 0.244 e. The Morgan fingerprint density at radius 3 is 2.71 bits per heavy atom. The third-order valence-electron chi connectivity index (χ3n) is 6.45. The van der Waals surface area contributed by atoms with Crippen LogP contribution >= 0.6 is 0 Å². The van der Waals surface area contributed by atoms with E-state index in [9.17, 15) is 13.2 Å². The van der Waals surface area contributed by atoms with Crippen molar-refractivity contribution in [2.75, 3.05) is 0 Å². The summed E-state index contributed by atoms with van der Waals surface area (Å²) in [5.74, 6) is -0.364. The van der Waals surface area contributed by atoms with Crippen molar-refractivity contribution >= 4 is 26.8 Å². The minimum Gasteiger partial charge on any atom is -0.357 e. The predicted molar refractivity (Wildman–Crippen MR) is 134 cm³/mol. The van der Waals surface area contributed by atoms with Gasteiger partial charge in [-0.25, -0.2) is 8.42 Å². The molecule has 35 heavy (non-hydrogen) atoms. The lowest BCUT2D eigenvalue weighted by atomic mass is 9.98. The molecule has 3 heterocycles. The summed E-state index contributed by atoms with van der Waals surface area (Å²) in [4.78, 5) is 21.3. The fourth-order valence-electron chi connectivity index (χ4n) is 4.55. The molecule has 1 aliphatic rings. The second kappa shape index (κ2) is 9.26. The molecule has 9 heteroatoms. The standard InChI is InChI=1S/C26H27N5O3S/c1-17-6-8-20(9-7-17)35(33,34)31-16-24-22(21-4-2-3-5-23(21)30-24)13-25(31)26(32)29-15-19-12-18(14-27)10-11-28-19/h2-12,25,30H,13-16,27H2,1H3,(H,29,32). The number of hydrogen-bond acceptors (Lipinski definition) is 5. The minimum atomic E-state index is -3.93. The number of H-pyrrole nitrogens is 1. The van der Waals surface area contributed by atoms with E-state index in [4.69, 9.17) is 5.73 Å². The van der Waals surface area contributed by atoms with Gasteiger partial charge in [0.25, 0.3) is 0 Å². The molecule has 1 unspecified atom stereocenters. The van der Waals surface area contributed by atoms with Crippen LogP contribution in [-0.2, 0) is 40.9 Å². The van der Waals surface area contributed by atoms with E-state index >= 15 is 0 Å². The van der Waals surface area contributed by atoms with E-state index in [-0.39, 0.29) is 30.3 Å². The van der Waals surface area contributed by atoms with Crippen LogP contribution in [0.25, 0.3) is 10.9 Å². The summed E-state index contributed by atoms with van der Waals surface area (Å²) >= 11 is 0. The average molecular weight is 490 g/mol. The van der Waals surface area contributed by atoms with Crippen LogP contribution < -0.4 is 11.1 Å². The molecule has 1 amide bonds. The normalized spacial score (nSPS) is 16.2. The van der Waals surface area contributed by atoms with Crippen molar-refractivity contribution in [1.29, 1.82) is 0 Å². The Kier molecular flexibility index (Phi) is 6.14. The van der Waals surface area contributed by atoms with Crippen LogP contribution in [0.5, 0.6) is 0 Å². The van der Waals surface area contributed by atoms with Crippen LogP contribution in [0.3, 0.4) is 0 Å². The summed E-state index contributed by atoms with van der Waals surface area (Å²) in [7, 11) is -3.93. The Labute approximate surface area is 204 Å². The number of benzene rings is 2. The Bertz CT molecular complexity index is 1500. The number of carbonyl (C=O) groups is 1. The van der Waals surface area contributed by atoms with Gasteiger partial charge in [0, 0.05) is 35.8 Å². The predicted octanol–water partition coefficient (Wildman–Crippen LogP) is 2.76. The van der Waals surface area contributed by atoms with Crippen molar-refractivity contribution < 1.29 is 13.2 Å². The molecular formula is C26H27N5O3S. The molecule has 0 aliphatic carbocycles. The summed E-state index contributed by atoms with van der Waals surface area (Å²) < 4.78 is 28.7. The molecule has 4 N–H and O–H groups in total. The molecule has 0 fully saturated rings. The number of aryl methyl sites for hydroxylation is 1. The van der Waals surface area contributed by atoms with Crippen molar-refractivity contribution in [3.8, 4) is 0 Å².